The molecule has 0 spiro atoms. The van der Waals surface area contributed by atoms with E-state index in [1.807, 2.05) is 6.20 Å². The zero-order valence-electron chi connectivity index (χ0n) is 10.3. The Morgan fingerprint density at radius 1 is 1.65 bits per heavy atom. The van der Waals surface area contributed by atoms with Crippen molar-refractivity contribution in [1.29, 1.82) is 0 Å². The van der Waals surface area contributed by atoms with Crippen LogP contribution >= 0.6 is 11.8 Å². The average Bonchev–Trinajstić information content (AvgIpc) is 2.88. The molecule has 1 aliphatic rings. The van der Waals surface area contributed by atoms with Crippen LogP contribution in [0.4, 0.5) is 0 Å². The van der Waals surface area contributed by atoms with Crippen LogP contribution in [0.3, 0.4) is 0 Å². The van der Waals surface area contributed by atoms with E-state index in [0.29, 0.717) is 5.41 Å². The van der Waals surface area contributed by atoms with Gasteiger partial charge in [-0.3, -0.25) is 4.79 Å². The Balaban J connectivity index is 2.13. The maximum atomic E-state index is 10.6. The number of rotatable bonds is 6. The number of hydrogen-bond acceptors (Lipinski definition) is 3. The van der Waals surface area contributed by atoms with E-state index in [-0.39, 0.29) is 5.75 Å². The summed E-state index contributed by atoms with van der Waals surface area (Å²) in [7, 11) is 0. The standard InChI is InChI=1S/C12H18N2O2S/c1-3-9-6-13-11(17-7-10(15)16)14(9)8-12(2)4-5-12/h6H,3-5,7-8H2,1-2H3,(H,15,16). The monoisotopic (exact) mass is 254 g/mol. The highest BCUT2D eigenvalue weighted by atomic mass is 32.2. The van der Waals surface area contributed by atoms with Gasteiger partial charge in [-0.05, 0) is 24.7 Å². The molecule has 1 aliphatic carbocycles. The van der Waals surface area contributed by atoms with Crippen molar-refractivity contribution in [3.8, 4) is 0 Å². The number of aryl methyl sites for hydroxylation is 1. The van der Waals surface area contributed by atoms with Gasteiger partial charge in [0.15, 0.2) is 5.16 Å². The molecular weight excluding hydrogens is 236 g/mol. The van der Waals surface area contributed by atoms with Crippen molar-refractivity contribution >= 4 is 17.7 Å². The Labute approximate surface area is 105 Å². The van der Waals surface area contributed by atoms with Crippen molar-refractivity contribution in [3.63, 3.8) is 0 Å². The largest absolute Gasteiger partial charge is 0.481 e. The molecule has 0 unspecified atom stereocenters. The maximum Gasteiger partial charge on any atom is 0.313 e. The predicted molar refractivity (Wildman–Crippen MR) is 67.3 cm³/mol. The van der Waals surface area contributed by atoms with Gasteiger partial charge in [-0.15, -0.1) is 0 Å². The molecule has 1 saturated carbocycles. The molecule has 1 aromatic heterocycles. The second-order valence-corrected chi connectivity index (χ2v) is 5.91. The van der Waals surface area contributed by atoms with Crippen molar-refractivity contribution in [3.05, 3.63) is 11.9 Å². The fourth-order valence-corrected chi connectivity index (χ4v) is 2.56. The summed E-state index contributed by atoms with van der Waals surface area (Å²) in [5.41, 5.74) is 1.61. The normalized spacial score (nSPS) is 17.1. The highest BCUT2D eigenvalue weighted by molar-refractivity contribution is 7.99. The lowest BCUT2D eigenvalue weighted by molar-refractivity contribution is -0.133. The minimum absolute atomic E-state index is 0.0802. The van der Waals surface area contributed by atoms with Crippen LogP contribution in [0.5, 0.6) is 0 Å². The molecule has 1 aromatic rings. The summed E-state index contributed by atoms with van der Waals surface area (Å²) in [6, 6.07) is 0. The van der Waals surface area contributed by atoms with E-state index in [0.717, 1.165) is 18.1 Å². The summed E-state index contributed by atoms with van der Waals surface area (Å²) in [6.45, 7) is 5.35. The van der Waals surface area contributed by atoms with E-state index in [4.69, 9.17) is 5.11 Å². The molecule has 0 bridgehead atoms. The fraction of sp³-hybridized carbons (Fsp3) is 0.667. The van der Waals surface area contributed by atoms with Gasteiger partial charge < -0.3 is 9.67 Å². The van der Waals surface area contributed by atoms with Gasteiger partial charge in [0.25, 0.3) is 0 Å². The van der Waals surface area contributed by atoms with Crippen molar-refractivity contribution < 1.29 is 9.90 Å². The molecule has 0 saturated heterocycles. The van der Waals surface area contributed by atoms with Crippen LogP contribution in [0.25, 0.3) is 0 Å². The molecule has 17 heavy (non-hydrogen) atoms. The number of imidazole rings is 1. The van der Waals surface area contributed by atoms with Gasteiger partial charge in [-0.2, -0.15) is 0 Å². The zero-order valence-corrected chi connectivity index (χ0v) is 11.1. The fourth-order valence-electron chi connectivity index (χ4n) is 1.84. The molecule has 0 amide bonds. The topological polar surface area (TPSA) is 55.1 Å². The summed E-state index contributed by atoms with van der Waals surface area (Å²) in [4.78, 5) is 14.9. The first-order chi connectivity index (χ1) is 8.04. The van der Waals surface area contributed by atoms with Crippen molar-refractivity contribution in [2.45, 2.75) is 44.8 Å². The van der Waals surface area contributed by atoms with Gasteiger partial charge in [0.2, 0.25) is 0 Å². The first-order valence-electron chi connectivity index (χ1n) is 5.93. The highest BCUT2D eigenvalue weighted by Crippen LogP contribution is 2.47. The van der Waals surface area contributed by atoms with Crippen LogP contribution in [-0.2, 0) is 17.8 Å². The summed E-state index contributed by atoms with van der Waals surface area (Å²) in [6.07, 6.45) is 5.33. The van der Waals surface area contributed by atoms with Crippen LogP contribution in [0.1, 0.15) is 32.4 Å². The Bertz CT molecular complexity index is 424. The van der Waals surface area contributed by atoms with E-state index in [1.165, 1.54) is 30.3 Å². The van der Waals surface area contributed by atoms with Crippen molar-refractivity contribution in [1.82, 2.24) is 9.55 Å². The molecule has 2 rings (SSSR count). The van der Waals surface area contributed by atoms with E-state index >= 15 is 0 Å². The third-order valence-electron chi connectivity index (χ3n) is 3.23. The Morgan fingerprint density at radius 2 is 2.35 bits per heavy atom. The molecule has 0 aromatic carbocycles. The van der Waals surface area contributed by atoms with Gasteiger partial charge >= 0.3 is 5.97 Å². The Kier molecular flexibility index (Phi) is 3.47. The number of carboxylic acid groups (broad SMARTS) is 1. The summed E-state index contributed by atoms with van der Waals surface area (Å²) >= 11 is 1.31. The molecule has 1 N–H and O–H groups in total. The quantitative estimate of drug-likeness (QED) is 0.792. The molecule has 1 fully saturated rings. The summed E-state index contributed by atoms with van der Waals surface area (Å²) < 4.78 is 2.20. The number of thioether (sulfide) groups is 1. The van der Waals surface area contributed by atoms with Gasteiger partial charge in [-0.25, -0.2) is 4.98 Å². The number of aliphatic carboxylic acids is 1. The molecule has 0 aliphatic heterocycles. The minimum Gasteiger partial charge on any atom is -0.481 e. The van der Waals surface area contributed by atoms with Gasteiger partial charge in [0.05, 0.1) is 5.75 Å². The lowest BCUT2D eigenvalue weighted by Crippen LogP contribution is -2.12. The van der Waals surface area contributed by atoms with Crippen molar-refractivity contribution in [2.24, 2.45) is 5.41 Å². The molecule has 5 heteroatoms. The first-order valence-corrected chi connectivity index (χ1v) is 6.91. The van der Waals surface area contributed by atoms with E-state index in [9.17, 15) is 4.79 Å². The van der Waals surface area contributed by atoms with Crippen LogP contribution in [0.2, 0.25) is 0 Å². The smallest absolute Gasteiger partial charge is 0.313 e. The van der Waals surface area contributed by atoms with Crippen LogP contribution < -0.4 is 0 Å². The Hall–Kier alpha value is -0.970. The highest BCUT2D eigenvalue weighted by Gasteiger charge is 2.38. The molecule has 1 heterocycles. The number of aromatic nitrogens is 2. The number of hydrogen-bond donors (Lipinski definition) is 1. The maximum absolute atomic E-state index is 10.6. The second-order valence-electron chi connectivity index (χ2n) is 4.96. The average molecular weight is 254 g/mol. The SMILES string of the molecule is CCc1cnc(SCC(=O)O)n1CC1(C)CC1. The van der Waals surface area contributed by atoms with E-state index in [1.54, 1.807) is 0 Å². The molecule has 0 radical (unpaired) electrons. The van der Waals surface area contributed by atoms with Crippen molar-refractivity contribution in [2.75, 3.05) is 5.75 Å². The predicted octanol–water partition coefficient (Wildman–Crippen LogP) is 2.42. The Morgan fingerprint density at radius 3 is 2.88 bits per heavy atom. The summed E-state index contributed by atoms with van der Waals surface area (Å²) in [5, 5.41) is 9.56. The third-order valence-corrected chi connectivity index (χ3v) is 4.21. The van der Waals surface area contributed by atoms with Gasteiger partial charge in [0.1, 0.15) is 0 Å². The minimum atomic E-state index is -0.791. The van der Waals surface area contributed by atoms with E-state index < -0.39 is 5.97 Å². The van der Waals surface area contributed by atoms with Gasteiger partial charge in [0, 0.05) is 18.4 Å². The van der Waals surface area contributed by atoms with Crippen LogP contribution in [-0.4, -0.2) is 26.4 Å². The molecule has 0 atom stereocenters. The zero-order chi connectivity index (χ0) is 12.5. The lowest BCUT2D eigenvalue weighted by Gasteiger charge is -2.14. The van der Waals surface area contributed by atoms with Gasteiger partial charge in [-0.1, -0.05) is 25.6 Å². The second kappa shape index (κ2) is 4.72. The third kappa shape index (κ3) is 3.03. The number of carbonyl (C=O) groups is 1. The number of nitrogens with zero attached hydrogens (tertiary/aromatic N) is 2. The lowest BCUT2D eigenvalue weighted by atomic mass is 10.1. The van der Waals surface area contributed by atoms with Crippen LogP contribution in [0, 0.1) is 5.41 Å². The first kappa shape index (κ1) is 12.5. The molecule has 4 nitrogen and oxygen atoms in total. The summed E-state index contributed by atoms with van der Waals surface area (Å²) in [5.74, 6) is -0.711. The molecule has 94 valence electrons. The molecular formula is C12H18N2O2S. The number of carboxylic acids is 1. The van der Waals surface area contributed by atoms with E-state index in [2.05, 4.69) is 23.4 Å². The van der Waals surface area contributed by atoms with Crippen LogP contribution in [0.15, 0.2) is 11.4 Å².